The van der Waals surface area contributed by atoms with Crippen LogP contribution in [0.4, 0.5) is 16.2 Å². The molecule has 0 spiro atoms. The van der Waals surface area contributed by atoms with Gasteiger partial charge in [-0.15, -0.1) is 0 Å². The summed E-state index contributed by atoms with van der Waals surface area (Å²) in [4.78, 5) is 23.2. The fraction of sp³-hybridized carbons (Fsp3) is 0.364. The van der Waals surface area contributed by atoms with Crippen molar-refractivity contribution in [2.45, 2.75) is 38.7 Å². The van der Waals surface area contributed by atoms with E-state index in [0.29, 0.717) is 30.2 Å². The second-order valence-electron chi connectivity index (χ2n) is 7.12. The topological polar surface area (TPSA) is 96.9 Å². The van der Waals surface area contributed by atoms with Crippen molar-refractivity contribution in [3.8, 4) is 5.75 Å². The molecular formula is C22H26N2O5. The van der Waals surface area contributed by atoms with Gasteiger partial charge in [0.05, 0.1) is 11.8 Å². The highest BCUT2D eigenvalue weighted by Gasteiger charge is 2.17. The Balaban J connectivity index is 1.61. The Morgan fingerprint density at radius 3 is 2.83 bits per heavy atom. The van der Waals surface area contributed by atoms with Gasteiger partial charge in [0.2, 0.25) is 0 Å². The summed E-state index contributed by atoms with van der Waals surface area (Å²) in [5, 5.41) is 14.4. The molecule has 1 atom stereocenters. The molecule has 3 rings (SSSR count). The van der Waals surface area contributed by atoms with Crippen molar-refractivity contribution in [3.05, 3.63) is 53.6 Å². The van der Waals surface area contributed by atoms with Crippen LogP contribution in [0.15, 0.2) is 42.5 Å². The molecule has 29 heavy (non-hydrogen) atoms. The van der Waals surface area contributed by atoms with Gasteiger partial charge >= 0.3 is 12.0 Å². The van der Waals surface area contributed by atoms with Gasteiger partial charge in [-0.25, -0.2) is 4.79 Å². The largest absolute Gasteiger partial charge is 0.489 e. The first-order valence-electron chi connectivity index (χ1n) is 9.73. The summed E-state index contributed by atoms with van der Waals surface area (Å²) < 4.78 is 11.5. The number of carboxylic acids is 1. The molecule has 3 N–H and O–H groups in total. The molecule has 2 aromatic carbocycles. The normalized spacial score (nSPS) is 15.7. The molecule has 1 saturated heterocycles. The minimum absolute atomic E-state index is 0.0461. The molecule has 2 aromatic rings. The SMILES string of the molecule is Cc1ccc(NC(=O)Nc2cccc(CCC(=O)O)c2)c(OCC2CCCO2)c1. The molecule has 2 amide bonds. The summed E-state index contributed by atoms with van der Waals surface area (Å²) in [5.41, 5.74) is 3.05. The highest BCUT2D eigenvalue weighted by molar-refractivity contribution is 6.00. The van der Waals surface area contributed by atoms with Gasteiger partial charge in [0.1, 0.15) is 12.4 Å². The van der Waals surface area contributed by atoms with Gasteiger partial charge in [-0.3, -0.25) is 4.79 Å². The van der Waals surface area contributed by atoms with Crippen molar-refractivity contribution >= 4 is 23.4 Å². The van der Waals surface area contributed by atoms with Gasteiger partial charge in [0.25, 0.3) is 0 Å². The number of urea groups is 1. The number of hydrogen-bond donors (Lipinski definition) is 3. The summed E-state index contributed by atoms with van der Waals surface area (Å²) in [6.07, 6.45) is 2.57. The van der Waals surface area contributed by atoms with E-state index in [-0.39, 0.29) is 12.5 Å². The molecule has 1 aliphatic heterocycles. The minimum Gasteiger partial charge on any atom is -0.489 e. The minimum atomic E-state index is -0.851. The van der Waals surface area contributed by atoms with E-state index >= 15 is 0 Å². The zero-order valence-corrected chi connectivity index (χ0v) is 16.4. The monoisotopic (exact) mass is 398 g/mol. The van der Waals surface area contributed by atoms with E-state index < -0.39 is 12.0 Å². The number of anilines is 2. The van der Waals surface area contributed by atoms with Crippen molar-refractivity contribution in [1.29, 1.82) is 0 Å². The molecule has 1 unspecified atom stereocenters. The molecule has 0 bridgehead atoms. The van der Waals surface area contributed by atoms with Gasteiger partial charge in [0, 0.05) is 18.7 Å². The van der Waals surface area contributed by atoms with Gasteiger partial charge in [-0.05, 0) is 61.6 Å². The molecule has 7 heteroatoms. The molecule has 0 saturated carbocycles. The van der Waals surface area contributed by atoms with E-state index in [1.54, 1.807) is 18.2 Å². The predicted molar refractivity (Wildman–Crippen MR) is 111 cm³/mol. The highest BCUT2D eigenvalue weighted by atomic mass is 16.5. The summed E-state index contributed by atoms with van der Waals surface area (Å²) in [6.45, 7) is 3.18. The molecule has 154 valence electrons. The Morgan fingerprint density at radius 1 is 1.21 bits per heavy atom. The lowest BCUT2D eigenvalue weighted by atomic mass is 10.1. The van der Waals surface area contributed by atoms with Crippen molar-refractivity contribution in [3.63, 3.8) is 0 Å². The molecule has 1 fully saturated rings. The van der Waals surface area contributed by atoms with Gasteiger partial charge in [0.15, 0.2) is 0 Å². The Labute approximate surface area is 170 Å². The molecule has 0 aliphatic carbocycles. The van der Waals surface area contributed by atoms with E-state index in [4.69, 9.17) is 14.6 Å². The van der Waals surface area contributed by atoms with Gasteiger partial charge < -0.3 is 25.2 Å². The van der Waals surface area contributed by atoms with Crippen molar-refractivity contribution < 1.29 is 24.2 Å². The number of carbonyl (C=O) groups is 2. The molecule has 0 aromatic heterocycles. The van der Waals surface area contributed by atoms with E-state index in [1.807, 2.05) is 31.2 Å². The maximum atomic E-state index is 12.5. The Hall–Kier alpha value is -3.06. The average molecular weight is 398 g/mol. The average Bonchev–Trinajstić information content (AvgIpc) is 3.20. The van der Waals surface area contributed by atoms with E-state index in [2.05, 4.69) is 10.6 Å². The standard InChI is InChI=1S/C22H26N2O5/c1-15-7-9-19(20(12-15)29-14-18-6-3-11-28-18)24-22(27)23-17-5-2-4-16(13-17)8-10-21(25)26/h2,4-5,7,9,12-13,18H,3,6,8,10-11,14H2,1H3,(H,25,26)(H2,23,24,27). The molecular weight excluding hydrogens is 372 g/mol. The van der Waals surface area contributed by atoms with Crippen LogP contribution in [0.2, 0.25) is 0 Å². The smallest absolute Gasteiger partial charge is 0.323 e. The van der Waals surface area contributed by atoms with Crippen molar-refractivity contribution in [1.82, 2.24) is 0 Å². The molecule has 7 nitrogen and oxygen atoms in total. The van der Waals surface area contributed by atoms with Crippen LogP contribution in [0, 0.1) is 6.92 Å². The third kappa shape index (κ3) is 6.50. The number of carbonyl (C=O) groups excluding carboxylic acids is 1. The lowest BCUT2D eigenvalue weighted by Gasteiger charge is -2.16. The zero-order valence-electron chi connectivity index (χ0n) is 16.4. The quantitative estimate of drug-likeness (QED) is 0.619. The highest BCUT2D eigenvalue weighted by Crippen LogP contribution is 2.27. The maximum Gasteiger partial charge on any atom is 0.323 e. The summed E-state index contributed by atoms with van der Waals surface area (Å²) in [5.74, 6) is -0.248. The summed E-state index contributed by atoms with van der Waals surface area (Å²) in [6, 6.07) is 12.4. The number of nitrogens with one attached hydrogen (secondary N) is 2. The Kier molecular flexibility index (Phi) is 7.08. The van der Waals surface area contributed by atoms with Crippen molar-refractivity contribution in [2.24, 2.45) is 0 Å². The predicted octanol–water partition coefficient (Wildman–Crippen LogP) is 4.21. The van der Waals surface area contributed by atoms with E-state index in [9.17, 15) is 9.59 Å². The first-order valence-corrected chi connectivity index (χ1v) is 9.73. The summed E-state index contributed by atoms with van der Waals surface area (Å²) >= 11 is 0. The van der Waals surface area contributed by atoms with Crippen LogP contribution in [0.1, 0.15) is 30.4 Å². The number of ether oxygens (including phenoxy) is 2. The number of carboxylic acid groups (broad SMARTS) is 1. The van der Waals surface area contributed by atoms with Crippen LogP contribution in [-0.4, -0.2) is 36.4 Å². The van der Waals surface area contributed by atoms with Crippen LogP contribution < -0.4 is 15.4 Å². The summed E-state index contributed by atoms with van der Waals surface area (Å²) in [7, 11) is 0. The Morgan fingerprint density at radius 2 is 2.07 bits per heavy atom. The molecule has 1 heterocycles. The van der Waals surface area contributed by atoms with Crippen LogP contribution in [-0.2, 0) is 16.0 Å². The van der Waals surface area contributed by atoms with Crippen LogP contribution in [0.3, 0.4) is 0 Å². The number of amides is 2. The fourth-order valence-corrected chi connectivity index (χ4v) is 3.15. The van der Waals surface area contributed by atoms with Gasteiger partial charge in [-0.2, -0.15) is 0 Å². The number of aliphatic carboxylic acids is 1. The van der Waals surface area contributed by atoms with Crippen LogP contribution >= 0.6 is 0 Å². The van der Waals surface area contributed by atoms with Crippen LogP contribution in [0.25, 0.3) is 0 Å². The number of aryl methyl sites for hydroxylation is 2. The van der Waals surface area contributed by atoms with Crippen LogP contribution in [0.5, 0.6) is 5.75 Å². The zero-order chi connectivity index (χ0) is 20.6. The number of benzene rings is 2. The number of rotatable bonds is 8. The fourth-order valence-electron chi connectivity index (χ4n) is 3.15. The lowest BCUT2D eigenvalue weighted by Crippen LogP contribution is -2.21. The molecule has 0 radical (unpaired) electrons. The maximum absolute atomic E-state index is 12.5. The van der Waals surface area contributed by atoms with Gasteiger partial charge in [-0.1, -0.05) is 18.2 Å². The molecule has 1 aliphatic rings. The first kappa shape index (κ1) is 20.7. The van der Waals surface area contributed by atoms with E-state index in [0.717, 1.165) is 30.6 Å². The van der Waals surface area contributed by atoms with Crippen molar-refractivity contribution in [2.75, 3.05) is 23.8 Å². The second-order valence-corrected chi connectivity index (χ2v) is 7.12. The number of hydrogen-bond acceptors (Lipinski definition) is 4. The Bertz CT molecular complexity index is 862. The third-order valence-corrected chi connectivity index (χ3v) is 4.65. The lowest BCUT2D eigenvalue weighted by molar-refractivity contribution is -0.136. The first-order chi connectivity index (χ1) is 14.0. The van der Waals surface area contributed by atoms with E-state index in [1.165, 1.54) is 0 Å². The third-order valence-electron chi connectivity index (χ3n) is 4.65. The second kappa shape index (κ2) is 9.93.